The molecule has 0 aliphatic carbocycles. The molecule has 1 heterocycles. The molecule has 2 heteroatoms. The molecule has 2 aromatic carbocycles. The minimum Gasteiger partial charge on any atom is -0.308 e. The lowest BCUT2D eigenvalue weighted by atomic mass is 10.2. The number of nitrogens with zero attached hydrogens (tertiary/aromatic N) is 1. The third kappa shape index (κ3) is 1.69. The van der Waals surface area contributed by atoms with Crippen LogP contribution in [0.2, 0.25) is 0 Å². The molecule has 1 nitrogen and oxygen atoms in total. The fraction of sp³-hybridized carbons (Fsp3) is 0.143. The molecule has 3 rings (SSSR count). The Bertz CT molecular complexity index is 479. The van der Waals surface area contributed by atoms with Gasteiger partial charge >= 0.3 is 0 Å². The van der Waals surface area contributed by atoms with Gasteiger partial charge in [0.2, 0.25) is 0 Å². The highest BCUT2D eigenvalue weighted by Gasteiger charge is 2.19. The molecule has 0 atom stereocenters. The number of fused-ring (bicyclic) bond motifs is 1. The van der Waals surface area contributed by atoms with Gasteiger partial charge in [-0.1, -0.05) is 35.9 Å². The molecular weight excluding hydrogens is 214 g/mol. The Balaban J connectivity index is 1.88. The molecule has 0 fully saturated rings. The van der Waals surface area contributed by atoms with Crippen molar-refractivity contribution in [2.24, 2.45) is 0 Å². The Morgan fingerprint density at radius 2 is 1.75 bits per heavy atom. The van der Waals surface area contributed by atoms with E-state index in [0.717, 1.165) is 6.54 Å². The first-order valence-electron chi connectivity index (χ1n) is 5.43. The van der Waals surface area contributed by atoms with E-state index in [0.29, 0.717) is 0 Å². The summed E-state index contributed by atoms with van der Waals surface area (Å²) in [4.78, 5) is 1.38. The molecule has 0 aromatic heterocycles. The van der Waals surface area contributed by atoms with Crippen molar-refractivity contribution in [1.82, 2.24) is 0 Å². The van der Waals surface area contributed by atoms with Gasteiger partial charge in [0.15, 0.2) is 0 Å². The van der Waals surface area contributed by atoms with Crippen molar-refractivity contribution in [3.63, 3.8) is 0 Å². The zero-order valence-corrected chi connectivity index (χ0v) is 10.00. The second-order valence-electron chi connectivity index (χ2n) is 4.07. The second-order valence-corrected chi connectivity index (χ2v) is 5.13. The first-order chi connectivity index (χ1) is 7.83. The smallest absolute Gasteiger partial charge is 0.0561 e. The van der Waals surface area contributed by atoms with Gasteiger partial charge < -0.3 is 4.31 Å². The maximum absolute atomic E-state index is 2.34. The van der Waals surface area contributed by atoms with E-state index in [-0.39, 0.29) is 0 Å². The number of anilines is 1. The van der Waals surface area contributed by atoms with Crippen LogP contribution in [0.5, 0.6) is 0 Å². The third-order valence-corrected chi connectivity index (χ3v) is 3.97. The van der Waals surface area contributed by atoms with E-state index >= 15 is 0 Å². The molecule has 80 valence electrons. The van der Waals surface area contributed by atoms with Gasteiger partial charge in [0.05, 0.1) is 6.54 Å². The summed E-state index contributed by atoms with van der Waals surface area (Å²) in [5.41, 5.74) is 4.02. The van der Waals surface area contributed by atoms with Crippen LogP contribution in [0.15, 0.2) is 53.4 Å². The molecule has 0 bridgehead atoms. The summed E-state index contributed by atoms with van der Waals surface area (Å²) in [7, 11) is 0. The Kier molecular flexibility index (Phi) is 2.37. The van der Waals surface area contributed by atoms with Crippen LogP contribution in [0, 0.1) is 6.92 Å². The van der Waals surface area contributed by atoms with Crippen LogP contribution in [0.4, 0.5) is 5.69 Å². The number of rotatable bonds is 1. The molecule has 2 aromatic rings. The van der Waals surface area contributed by atoms with Crippen LogP contribution >= 0.6 is 11.9 Å². The summed E-state index contributed by atoms with van der Waals surface area (Å²) in [6.07, 6.45) is 0. The molecule has 0 unspecified atom stereocenters. The van der Waals surface area contributed by atoms with Crippen molar-refractivity contribution in [2.45, 2.75) is 18.4 Å². The van der Waals surface area contributed by atoms with Gasteiger partial charge in [-0.3, -0.25) is 0 Å². The minimum atomic E-state index is 1.00. The van der Waals surface area contributed by atoms with Gasteiger partial charge in [-0.2, -0.15) is 0 Å². The number of aryl methyl sites for hydroxylation is 1. The normalized spacial score (nSPS) is 13.9. The van der Waals surface area contributed by atoms with Gasteiger partial charge in [-0.25, -0.2) is 0 Å². The van der Waals surface area contributed by atoms with Crippen molar-refractivity contribution in [3.8, 4) is 0 Å². The monoisotopic (exact) mass is 227 g/mol. The quantitative estimate of drug-likeness (QED) is 0.677. The predicted molar refractivity (Wildman–Crippen MR) is 69.7 cm³/mol. The summed E-state index contributed by atoms with van der Waals surface area (Å²) in [5.74, 6) is 0. The van der Waals surface area contributed by atoms with E-state index in [2.05, 4.69) is 59.8 Å². The zero-order valence-electron chi connectivity index (χ0n) is 9.18. The van der Waals surface area contributed by atoms with Crippen LogP contribution in [0.1, 0.15) is 11.1 Å². The maximum Gasteiger partial charge on any atom is 0.0561 e. The van der Waals surface area contributed by atoms with Crippen LogP contribution in [-0.4, -0.2) is 0 Å². The molecule has 0 saturated carbocycles. The van der Waals surface area contributed by atoms with Gasteiger partial charge in [-0.15, -0.1) is 0 Å². The molecule has 0 radical (unpaired) electrons. The van der Waals surface area contributed by atoms with Crippen LogP contribution < -0.4 is 4.31 Å². The fourth-order valence-electron chi connectivity index (χ4n) is 1.88. The van der Waals surface area contributed by atoms with Crippen LogP contribution in [-0.2, 0) is 6.54 Å². The average Bonchev–Trinajstić information content (AvgIpc) is 2.73. The average molecular weight is 227 g/mol. The van der Waals surface area contributed by atoms with E-state index in [1.807, 2.05) is 11.9 Å². The summed E-state index contributed by atoms with van der Waals surface area (Å²) >= 11 is 1.83. The van der Waals surface area contributed by atoms with Crippen LogP contribution in [0.25, 0.3) is 0 Å². The summed E-state index contributed by atoms with van der Waals surface area (Å²) < 4.78 is 2.34. The summed E-state index contributed by atoms with van der Waals surface area (Å²) in [6.45, 7) is 3.12. The van der Waals surface area contributed by atoms with Gasteiger partial charge in [0.25, 0.3) is 0 Å². The third-order valence-electron chi connectivity index (χ3n) is 2.82. The summed E-state index contributed by atoms with van der Waals surface area (Å²) in [5, 5.41) is 0. The van der Waals surface area contributed by atoms with Gasteiger partial charge in [0, 0.05) is 10.6 Å². The fourth-order valence-corrected chi connectivity index (χ4v) is 2.94. The molecule has 0 spiro atoms. The lowest BCUT2D eigenvalue weighted by molar-refractivity contribution is 1.06. The molecular formula is C14H13NS. The Hall–Kier alpha value is -1.41. The molecule has 1 aliphatic heterocycles. The molecule has 0 amide bonds. The van der Waals surface area contributed by atoms with Crippen molar-refractivity contribution < 1.29 is 0 Å². The highest BCUT2D eigenvalue weighted by molar-refractivity contribution is 8.01. The van der Waals surface area contributed by atoms with Crippen molar-refractivity contribution in [1.29, 1.82) is 0 Å². The highest BCUT2D eigenvalue weighted by Crippen LogP contribution is 2.39. The van der Waals surface area contributed by atoms with Gasteiger partial charge in [-0.05, 0) is 42.6 Å². The predicted octanol–water partition coefficient (Wildman–Crippen LogP) is 4.02. The van der Waals surface area contributed by atoms with Crippen LogP contribution in [0.3, 0.4) is 0 Å². The number of hydrogen-bond acceptors (Lipinski definition) is 2. The standard InChI is InChI=1S/C14H13NS/c1-11-6-8-13(9-7-11)15-10-12-4-2-3-5-14(12)16-15/h2-9H,10H2,1H3. The number of hydrogen-bond donors (Lipinski definition) is 0. The molecule has 0 saturated heterocycles. The van der Waals surface area contributed by atoms with E-state index in [1.165, 1.54) is 21.7 Å². The minimum absolute atomic E-state index is 1.00. The van der Waals surface area contributed by atoms with Crippen molar-refractivity contribution in [3.05, 3.63) is 59.7 Å². The van der Waals surface area contributed by atoms with E-state index in [4.69, 9.17) is 0 Å². The van der Waals surface area contributed by atoms with E-state index in [1.54, 1.807) is 0 Å². The summed E-state index contributed by atoms with van der Waals surface area (Å²) in [6, 6.07) is 17.3. The second kappa shape index (κ2) is 3.87. The van der Waals surface area contributed by atoms with Crippen molar-refractivity contribution in [2.75, 3.05) is 4.31 Å². The largest absolute Gasteiger partial charge is 0.308 e. The van der Waals surface area contributed by atoms with E-state index < -0.39 is 0 Å². The van der Waals surface area contributed by atoms with Gasteiger partial charge in [0.1, 0.15) is 0 Å². The lowest BCUT2D eigenvalue weighted by Gasteiger charge is -2.15. The maximum atomic E-state index is 2.34. The zero-order chi connectivity index (χ0) is 11.0. The topological polar surface area (TPSA) is 3.24 Å². The molecule has 16 heavy (non-hydrogen) atoms. The Labute approximate surface area is 100 Å². The first-order valence-corrected chi connectivity index (χ1v) is 6.20. The molecule has 1 aliphatic rings. The van der Waals surface area contributed by atoms with E-state index in [9.17, 15) is 0 Å². The first kappa shape index (κ1) is 9.79. The van der Waals surface area contributed by atoms with Crippen molar-refractivity contribution >= 4 is 17.6 Å². The lowest BCUT2D eigenvalue weighted by Crippen LogP contribution is -2.06. The number of benzene rings is 2. The highest BCUT2D eigenvalue weighted by atomic mass is 32.2. The Morgan fingerprint density at radius 1 is 1.00 bits per heavy atom. The Morgan fingerprint density at radius 3 is 2.50 bits per heavy atom. The molecule has 0 N–H and O–H groups in total. The SMILES string of the molecule is Cc1ccc(N2Cc3ccccc3S2)cc1.